The Hall–Kier alpha value is 0.720. The molecule has 0 aromatic carbocycles. The molecule has 0 aromatic heterocycles. The van der Waals surface area contributed by atoms with Crippen molar-refractivity contribution in [3.63, 3.8) is 0 Å². The quantitative estimate of drug-likeness (QED) is 0.559. The van der Waals surface area contributed by atoms with Crippen molar-refractivity contribution in [2.75, 3.05) is 12.3 Å². The fourth-order valence-electron chi connectivity index (χ4n) is 0.730. The average Bonchev–Trinajstić information content (AvgIpc) is 1.63. The highest BCUT2D eigenvalue weighted by molar-refractivity contribution is 7.83. The van der Waals surface area contributed by atoms with E-state index >= 15 is 0 Å². The lowest BCUT2D eigenvalue weighted by Gasteiger charge is -2.09. The Balaban J connectivity index is 3.15. The largest absolute Gasteiger partial charge is 0.0964 e. The van der Waals surface area contributed by atoms with Gasteiger partial charge in [-0.15, -0.1) is 0 Å². The molecule has 0 rings (SSSR count). The third kappa shape index (κ3) is 6.61. The molecule has 0 bridgehead atoms. The van der Waals surface area contributed by atoms with Crippen LogP contribution in [0.2, 0.25) is 0 Å². The van der Waals surface area contributed by atoms with Gasteiger partial charge in [0.05, 0.1) is 0 Å². The first-order chi connectivity index (χ1) is 4.16. The summed E-state index contributed by atoms with van der Waals surface area (Å²) in [5.74, 6) is 0.778. The van der Waals surface area contributed by atoms with Crippen molar-refractivity contribution in [1.29, 1.82) is 0 Å². The highest BCUT2D eigenvalue weighted by atomic mass is 35.7. The fraction of sp³-hybridized carbons (Fsp3) is 1.00. The molecule has 0 saturated carbocycles. The monoisotopic (exact) mass is 166 g/mol. The summed E-state index contributed by atoms with van der Waals surface area (Å²) < 4.78 is 0. The van der Waals surface area contributed by atoms with E-state index in [2.05, 4.69) is 20.8 Å². The molecular weight excluding hydrogens is 151 g/mol. The summed E-state index contributed by atoms with van der Waals surface area (Å²) in [4.78, 5) is 0. The summed E-state index contributed by atoms with van der Waals surface area (Å²) in [7, 11) is -0.148. The molecule has 0 saturated heterocycles. The molecule has 1 atom stereocenters. The van der Waals surface area contributed by atoms with Crippen LogP contribution in [0.1, 0.15) is 27.2 Å². The van der Waals surface area contributed by atoms with E-state index in [0.717, 1.165) is 5.92 Å². The van der Waals surface area contributed by atoms with Crippen molar-refractivity contribution in [3.8, 4) is 0 Å². The molecule has 0 radical (unpaired) electrons. The summed E-state index contributed by atoms with van der Waals surface area (Å²) >= 11 is 6.04. The molecule has 0 aliphatic carbocycles. The Bertz CT molecular complexity index is 63.9. The van der Waals surface area contributed by atoms with E-state index in [1.807, 2.05) is 0 Å². The van der Waals surface area contributed by atoms with Crippen LogP contribution in [0.5, 0.6) is 0 Å². The first-order valence-corrected chi connectivity index (χ1v) is 6.19. The second kappa shape index (κ2) is 5.50. The van der Waals surface area contributed by atoms with Crippen molar-refractivity contribution < 1.29 is 0 Å². The highest BCUT2D eigenvalue weighted by Crippen LogP contribution is 2.43. The Labute approximate surface area is 64.5 Å². The van der Waals surface area contributed by atoms with Gasteiger partial charge in [0.2, 0.25) is 0 Å². The minimum atomic E-state index is -0.148. The van der Waals surface area contributed by atoms with Gasteiger partial charge in [-0.3, -0.25) is 0 Å². The van der Waals surface area contributed by atoms with Gasteiger partial charge < -0.3 is 0 Å². The number of hydrogen-bond acceptors (Lipinski definition) is 0. The van der Waals surface area contributed by atoms with E-state index in [-0.39, 0.29) is 7.27 Å². The highest BCUT2D eigenvalue weighted by Gasteiger charge is 2.03. The number of hydrogen-bond donors (Lipinski definition) is 0. The summed E-state index contributed by atoms with van der Waals surface area (Å²) in [6.07, 6.45) is 3.70. The molecule has 0 amide bonds. The Morgan fingerprint density at radius 1 is 1.44 bits per heavy atom. The van der Waals surface area contributed by atoms with Crippen molar-refractivity contribution >= 4 is 18.5 Å². The zero-order valence-electron chi connectivity index (χ0n) is 6.52. The normalized spacial score (nSPS) is 14.3. The van der Waals surface area contributed by atoms with Gasteiger partial charge in [0.15, 0.2) is 0 Å². The van der Waals surface area contributed by atoms with Crippen molar-refractivity contribution in [2.45, 2.75) is 27.2 Å². The smallest absolute Gasteiger partial charge is 0.00949 e. The molecule has 9 heavy (non-hydrogen) atoms. The standard InChI is InChI=1S/C7H16ClP/c1-4-5-9(8)6-7(2)3/h7H,4-6H2,1-3H3. The molecule has 0 aliphatic rings. The van der Waals surface area contributed by atoms with Crippen LogP contribution >= 0.6 is 18.5 Å². The zero-order valence-corrected chi connectivity index (χ0v) is 8.17. The van der Waals surface area contributed by atoms with Gasteiger partial charge in [0.25, 0.3) is 0 Å². The first kappa shape index (κ1) is 9.72. The van der Waals surface area contributed by atoms with Crippen LogP contribution < -0.4 is 0 Å². The third-order valence-corrected chi connectivity index (χ3v) is 4.01. The molecule has 0 heterocycles. The van der Waals surface area contributed by atoms with E-state index in [4.69, 9.17) is 11.2 Å². The molecule has 0 fully saturated rings. The van der Waals surface area contributed by atoms with Gasteiger partial charge in [0.1, 0.15) is 0 Å². The summed E-state index contributed by atoms with van der Waals surface area (Å²) in [5.41, 5.74) is 0. The van der Waals surface area contributed by atoms with E-state index in [1.54, 1.807) is 0 Å². The molecule has 0 aliphatic heterocycles. The molecular formula is C7H16ClP. The Morgan fingerprint density at radius 3 is 2.33 bits per heavy atom. The summed E-state index contributed by atoms with van der Waals surface area (Å²) in [6.45, 7) is 6.65. The molecule has 0 nitrogen and oxygen atoms in total. The Morgan fingerprint density at radius 2 is 2.00 bits per heavy atom. The predicted molar refractivity (Wildman–Crippen MR) is 47.6 cm³/mol. The number of halogens is 1. The van der Waals surface area contributed by atoms with Gasteiger partial charge in [-0.05, 0) is 25.5 Å². The van der Waals surface area contributed by atoms with Crippen LogP contribution in [-0.2, 0) is 0 Å². The summed E-state index contributed by atoms with van der Waals surface area (Å²) in [6, 6.07) is 0. The fourth-order valence-corrected chi connectivity index (χ4v) is 3.53. The van der Waals surface area contributed by atoms with Crippen LogP contribution in [0.25, 0.3) is 0 Å². The molecule has 0 aromatic rings. The minimum absolute atomic E-state index is 0.148. The average molecular weight is 167 g/mol. The van der Waals surface area contributed by atoms with Gasteiger partial charge in [-0.1, -0.05) is 38.4 Å². The molecule has 0 N–H and O–H groups in total. The molecule has 2 heteroatoms. The van der Waals surface area contributed by atoms with Gasteiger partial charge in [0, 0.05) is 0 Å². The molecule has 56 valence electrons. The SMILES string of the molecule is CCCP(Cl)CC(C)C. The maximum Gasteiger partial charge on any atom is -0.00949 e. The molecule has 1 unspecified atom stereocenters. The number of rotatable bonds is 4. The minimum Gasteiger partial charge on any atom is -0.0964 e. The lowest BCUT2D eigenvalue weighted by molar-refractivity contribution is 0.745. The first-order valence-electron chi connectivity index (χ1n) is 3.57. The van der Waals surface area contributed by atoms with Crippen LogP contribution in [0, 0.1) is 5.92 Å². The predicted octanol–water partition coefficient (Wildman–Crippen LogP) is 3.69. The second-order valence-electron chi connectivity index (χ2n) is 2.76. The van der Waals surface area contributed by atoms with E-state index in [0.29, 0.717) is 0 Å². The Kier molecular flexibility index (Phi) is 5.94. The van der Waals surface area contributed by atoms with E-state index < -0.39 is 0 Å². The van der Waals surface area contributed by atoms with E-state index in [1.165, 1.54) is 18.7 Å². The van der Waals surface area contributed by atoms with E-state index in [9.17, 15) is 0 Å². The van der Waals surface area contributed by atoms with Gasteiger partial charge in [-0.2, -0.15) is 0 Å². The second-order valence-corrected chi connectivity index (χ2v) is 5.93. The lowest BCUT2D eigenvalue weighted by atomic mass is 10.3. The van der Waals surface area contributed by atoms with Crippen molar-refractivity contribution in [2.24, 2.45) is 5.92 Å². The topological polar surface area (TPSA) is 0 Å². The maximum atomic E-state index is 6.04. The van der Waals surface area contributed by atoms with Gasteiger partial charge >= 0.3 is 0 Å². The van der Waals surface area contributed by atoms with Crippen LogP contribution in [0.3, 0.4) is 0 Å². The van der Waals surface area contributed by atoms with Crippen LogP contribution in [-0.4, -0.2) is 12.3 Å². The van der Waals surface area contributed by atoms with Crippen LogP contribution in [0.4, 0.5) is 0 Å². The van der Waals surface area contributed by atoms with Gasteiger partial charge in [-0.25, -0.2) is 0 Å². The maximum absolute atomic E-state index is 6.04. The van der Waals surface area contributed by atoms with Crippen molar-refractivity contribution in [3.05, 3.63) is 0 Å². The molecule has 0 spiro atoms. The third-order valence-electron chi connectivity index (χ3n) is 1.03. The lowest BCUT2D eigenvalue weighted by Crippen LogP contribution is -1.92. The summed E-state index contributed by atoms with van der Waals surface area (Å²) in [5, 5.41) is 0. The zero-order chi connectivity index (χ0) is 7.28. The van der Waals surface area contributed by atoms with Crippen molar-refractivity contribution in [1.82, 2.24) is 0 Å². The van der Waals surface area contributed by atoms with Crippen LogP contribution in [0.15, 0.2) is 0 Å².